The van der Waals surface area contributed by atoms with Crippen LogP contribution < -0.4 is 4.90 Å². The lowest BCUT2D eigenvalue weighted by Crippen LogP contribution is -2.43. The second-order valence-corrected chi connectivity index (χ2v) is 4.60. The maximum atomic E-state index is 3.80. The summed E-state index contributed by atoms with van der Waals surface area (Å²) in [6.45, 7) is 8.07. The largest absolute Gasteiger partial charge is 0.374 e. The smallest absolute Gasteiger partial charge is 0.0378 e. The van der Waals surface area contributed by atoms with Crippen LogP contribution >= 0.6 is 15.9 Å². The van der Waals surface area contributed by atoms with Crippen molar-refractivity contribution in [2.24, 2.45) is 0 Å². The average Bonchev–Trinajstić information content (AvgIpc) is 2.29. The maximum absolute atomic E-state index is 3.80. The molecule has 0 bridgehead atoms. The lowest BCUT2D eigenvalue weighted by atomic mass is 10.2. The first-order valence-corrected chi connectivity index (χ1v) is 5.96. The van der Waals surface area contributed by atoms with E-state index in [1.807, 2.05) is 6.20 Å². The molecule has 1 aliphatic rings. The first kappa shape index (κ1) is 10.6. The summed E-state index contributed by atoms with van der Waals surface area (Å²) in [5, 5.41) is 0. The second kappa shape index (κ2) is 4.71. The van der Waals surface area contributed by atoms with Crippen LogP contribution in [-0.2, 0) is 0 Å². The van der Waals surface area contributed by atoms with Crippen LogP contribution in [0.4, 0.5) is 5.69 Å². The van der Waals surface area contributed by atoms with Crippen molar-refractivity contribution >= 4 is 21.6 Å². The number of rotatable bonds is 2. The molecule has 1 aromatic carbocycles. The lowest BCUT2D eigenvalue weighted by molar-refractivity contribution is 0.350. The zero-order chi connectivity index (χ0) is 10.7. The van der Waals surface area contributed by atoms with E-state index in [2.05, 4.69) is 56.6 Å². The van der Waals surface area contributed by atoms with Gasteiger partial charge < -0.3 is 9.80 Å². The van der Waals surface area contributed by atoms with Crippen molar-refractivity contribution in [3.05, 3.63) is 41.5 Å². The SMILES string of the molecule is C=CN1CCN(c2cccc(Br)c2)CC1. The third-order valence-electron chi connectivity index (χ3n) is 2.75. The summed E-state index contributed by atoms with van der Waals surface area (Å²) in [6, 6.07) is 8.47. The van der Waals surface area contributed by atoms with Gasteiger partial charge in [-0.3, -0.25) is 0 Å². The van der Waals surface area contributed by atoms with Crippen LogP contribution in [0.3, 0.4) is 0 Å². The summed E-state index contributed by atoms with van der Waals surface area (Å²) >= 11 is 3.50. The summed E-state index contributed by atoms with van der Waals surface area (Å²) in [5.74, 6) is 0. The zero-order valence-electron chi connectivity index (χ0n) is 8.69. The van der Waals surface area contributed by atoms with Gasteiger partial charge in [-0.15, -0.1) is 0 Å². The Balaban J connectivity index is 2.04. The highest BCUT2D eigenvalue weighted by atomic mass is 79.9. The van der Waals surface area contributed by atoms with E-state index in [0.29, 0.717) is 0 Å². The van der Waals surface area contributed by atoms with Crippen LogP contribution in [0.25, 0.3) is 0 Å². The minimum Gasteiger partial charge on any atom is -0.374 e. The normalized spacial score (nSPS) is 16.6. The highest BCUT2D eigenvalue weighted by molar-refractivity contribution is 9.10. The second-order valence-electron chi connectivity index (χ2n) is 3.69. The number of hydrogen-bond acceptors (Lipinski definition) is 2. The van der Waals surface area contributed by atoms with Crippen LogP contribution in [0.5, 0.6) is 0 Å². The van der Waals surface area contributed by atoms with Crippen molar-refractivity contribution in [1.29, 1.82) is 0 Å². The number of halogens is 1. The van der Waals surface area contributed by atoms with Gasteiger partial charge in [0.1, 0.15) is 0 Å². The van der Waals surface area contributed by atoms with Crippen molar-refractivity contribution in [2.45, 2.75) is 0 Å². The molecule has 0 aromatic heterocycles. The van der Waals surface area contributed by atoms with Gasteiger partial charge in [0.15, 0.2) is 0 Å². The fourth-order valence-corrected chi connectivity index (χ4v) is 2.22. The van der Waals surface area contributed by atoms with Gasteiger partial charge in [0.25, 0.3) is 0 Å². The monoisotopic (exact) mass is 266 g/mol. The molecule has 0 amide bonds. The molecule has 1 fully saturated rings. The Morgan fingerprint density at radius 2 is 1.93 bits per heavy atom. The van der Waals surface area contributed by atoms with Crippen molar-refractivity contribution < 1.29 is 0 Å². The fourth-order valence-electron chi connectivity index (χ4n) is 1.84. The van der Waals surface area contributed by atoms with Gasteiger partial charge in [-0.25, -0.2) is 0 Å². The molecular formula is C12H15BrN2. The maximum Gasteiger partial charge on any atom is 0.0378 e. The Morgan fingerprint density at radius 1 is 1.20 bits per heavy atom. The standard InChI is InChI=1S/C12H15BrN2/c1-2-14-6-8-15(9-7-14)12-5-3-4-11(13)10-12/h2-5,10H,1,6-9H2. The Kier molecular flexibility index (Phi) is 3.31. The molecular weight excluding hydrogens is 252 g/mol. The lowest BCUT2D eigenvalue weighted by Gasteiger charge is -2.35. The molecule has 1 aromatic rings. The number of nitrogens with zero attached hydrogens (tertiary/aromatic N) is 2. The third-order valence-corrected chi connectivity index (χ3v) is 3.24. The topological polar surface area (TPSA) is 6.48 Å². The van der Waals surface area contributed by atoms with Crippen LogP contribution in [-0.4, -0.2) is 31.1 Å². The zero-order valence-corrected chi connectivity index (χ0v) is 10.3. The van der Waals surface area contributed by atoms with Crippen molar-refractivity contribution in [2.75, 3.05) is 31.1 Å². The number of hydrogen-bond donors (Lipinski definition) is 0. The van der Waals surface area contributed by atoms with Crippen molar-refractivity contribution in [3.8, 4) is 0 Å². The summed E-state index contributed by atoms with van der Waals surface area (Å²) in [6.07, 6.45) is 1.93. The molecule has 2 nitrogen and oxygen atoms in total. The van der Waals surface area contributed by atoms with E-state index in [1.165, 1.54) is 5.69 Å². The van der Waals surface area contributed by atoms with Gasteiger partial charge >= 0.3 is 0 Å². The Hall–Kier alpha value is -0.960. The molecule has 1 aliphatic heterocycles. The molecule has 0 radical (unpaired) electrons. The minimum absolute atomic E-state index is 1.07. The van der Waals surface area contributed by atoms with Gasteiger partial charge in [-0.2, -0.15) is 0 Å². The summed E-state index contributed by atoms with van der Waals surface area (Å²) in [7, 11) is 0. The molecule has 0 spiro atoms. The van der Waals surface area contributed by atoms with Crippen molar-refractivity contribution in [1.82, 2.24) is 4.90 Å². The fraction of sp³-hybridized carbons (Fsp3) is 0.333. The van der Waals surface area contributed by atoms with Gasteiger partial charge in [0.05, 0.1) is 0 Å². The third kappa shape index (κ3) is 2.53. The predicted octanol–water partition coefficient (Wildman–Crippen LogP) is 2.71. The van der Waals surface area contributed by atoms with Gasteiger partial charge in [0.2, 0.25) is 0 Å². The van der Waals surface area contributed by atoms with E-state index < -0.39 is 0 Å². The summed E-state index contributed by atoms with van der Waals surface area (Å²) in [4.78, 5) is 4.67. The van der Waals surface area contributed by atoms with Gasteiger partial charge in [-0.1, -0.05) is 28.6 Å². The summed E-state index contributed by atoms with van der Waals surface area (Å²) in [5.41, 5.74) is 1.30. The Morgan fingerprint density at radius 3 is 2.53 bits per heavy atom. The van der Waals surface area contributed by atoms with Crippen LogP contribution in [0.2, 0.25) is 0 Å². The minimum atomic E-state index is 1.07. The van der Waals surface area contributed by atoms with E-state index in [9.17, 15) is 0 Å². The van der Waals surface area contributed by atoms with Gasteiger partial charge in [0, 0.05) is 36.3 Å². The number of benzene rings is 1. The molecule has 0 unspecified atom stereocenters. The number of piperazine rings is 1. The first-order valence-electron chi connectivity index (χ1n) is 5.17. The van der Waals surface area contributed by atoms with Crippen LogP contribution in [0, 0.1) is 0 Å². The Bertz CT molecular complexity index is 343. The predicted molar refractivity (Wildman–Crippen MR) is 68.1 cm³/mol. The quantitative estimate of drug-likeness (QED) is 0.813. The van der Waals surface area contributed by atoms with E-state index in [-0.39, 0.29) is 0 Å². The molecule has 3 heteroatoms. The molecule has 15 heavy (non-hydrogen) atoms. The van der Waals surface area contributed by atoms with E-state index in [0.717, 1.165) is 30.7 Å². The van der Waals surface area contributed by atoms with Gasteiger partial charge in [-0.05, 0) is 24.4 Å². The van der Waals surface area contributed by atoms with Crippen molar-refractivity contribution in [3.63, 3.8) is 0 Å². The molecule has 1 heterocycles. The molecule has 80 valence electrons. The van der Waals surface area contributed by atoms with E-state index >= 15 is 0 Å². The van der Waals surface area contributed by atoms with Crippen LogP contribution in [0.15, 0.2) is 41.5 Å². The first-order chi connectivity index (χ1) is 7.29. The molecule has 0 saturated carbocycles. The summed E-state index contributed by atoms with van der Waals surface area (Å²) < 4.78 is 1.14. The van der Waals surface area contributed by atoms with Crippen LogP contribution in [0.1, 0.15) is 0 Å². The highest BCUT2D eigenvalue weighted by Gasteiger charge is 2.14. The average molecular weight is 267 g/mol. The Labute approximate surface area is 99.3 Å². The molecule has 1 saturated heterocycles. The molecule has 2 rings (SSSR count). The molecule has 0 N–H and O–H groups in total. The highest BCUT2D eigenvalue weighted by Crippen LogP contribution is 2.20. The molecule has 0 atom stereocenters. The van der Waals surface area contributed by atoms with E-state index in [1.54, 1.807) is 0 Å². The number of anilines is 1. The van der Waals surface area contributed by atoms with E-state index in [4.69, 9.17) is 0 Å². The molecule has 0 aliphatic carbocycles.